The molecule has 0 saturated carbocycles. The number of halogens is 1. The minimum absolute atomic E-state index is 0.0819. The van der Waals surface area contributed by atoms with Crippen molar-refractivity contribution < 1.29 is 4.79 Å². The molecule has 5 nitrogen and oxygen atoms in total. The van der Waals surface area contributed by atoms with Gasteiger partial charge in [0.05, 0.1) is 12.8 Å². The Morgan fingerprint density at radius 1 is 1.04 bits per heavy atom. The lowest BCUT2D eigenvalue weighted by Gasteiger charge is -2.35. The predicted octanol–water partition coefficient (Wildman–Crippen LogP) is 2.72. The first-order chi connectivity index (χ1) is 12.2. The number of anilines is 1. The molecule has 2 aromatic rings. The molecule has 3 rings (SSSR count). The molecule has 0 aliphatic carbocycles. The molecule has 0 spiro atoms. The normalized spacial score (nSPS) is 15.5. The Hall–Kier alpha value is -2.18. The van der Waals surface area contributed by atoms with Crippen LogP contribution in [-0.2, 0) is 4.79 Å². The predicted molar refractivity (Wildman–Crippen MR) is 105 cm³/mol. The monoisotopic (exact) mass is 400 g/mol. The van der Waals surface area contributed by atoms with E-state index in [4.69, 9.17) is 0 Å². The number of rotatable bonds is 5. The van der Waals surface area contributed by atoms with Crippen molar-refractivity contribution in [2.45, 2.75) is 0 Å². The topological polar surface area (TPSA) is 47.9 Å². The van der Waals surface area contributed by atoms with Crippen molar-refractivity contribution in [3.63, 3.8) is 0 Å². The summed E-state index contributed by atoms with van der Waals surface area (Å²) in [7, 11) is 0. The lowest BCUT2D eigenvalue weighted by atomic mass is 10.2. The zero-order chi connectivity index (χ0) is 17.5. The lowest BCUT2D eigenvalue weighted by molar-refractivity contribution is -0.122. The number of para-hydroxylation sites is 1. The molecular weight excluding hydrogens is 380 g/mol. The quantitative estimate of drug-likeness (QED) is 0.619. The first-order valence-electron chi connectivity index (χ1n) is 8.30. The second kappa shape index (κ2) is 8.78. The molecule has 1 N–H and O–H groups in total. The van der Waals surface area contributed by atoms with Crippen molar-refractivity contribution in [1.29, 1.82) is 0 Å². The third-order valence-electron chi connectivity index (χ3n) is 4.13. The molecule has 0 unspecified atom stereocenters. The van der Waals surface area contributed by atoms with E-state index in [1.165, 1.54) is 5.69 Å². The summed E-state index contributed by atoms with van der Waals surface area (Å²) in [4.78, 5) is 16.5. The summed E-state index contributed by atoms with van der Waals surface area (Å²) in [5.41, 5.74) is 4.79. The molecule has 2 aromatic carbocycles. The summed E-state index contributed by atoms with van der Waals surface area (Å²) in [5.74, 6) is -0.0819. The lowest BCUT2D eigenvalue weighted by Crippen LogP contribution is -2.49. The number of carbonyl (C=O) groups excluding carboxylic acids is 1. The second-order valence-corrected chi connectivity index (χ2v) is 6.86. The summed E-state index contributed by atoms with van der Waals surface area (Å²) in [6, 6.07) is 18.1. The number of hydrogen-bond acceptors (Lipinski definition) is 4. The summed E-state index contributed by atoms with van der Waals surface area (Å²) >= 11 is 3.39. The van der Waals surface area contributed by atoms with Gasteiger partial charge in [0.2, 0.25) is 0 Å². The van der Waals surface area contributed by atoms with Crippen LogP contribution in [0.25, 0.3) is 0 Å². The molecule has 1 aliphatic rings. The maximum atomic E-state index is 12.0. The standard InChI is InChI=1S/C19H21BrN4O/c20-17-8-6-16(7-9-17)14-21-22-19(25)15-23-10-12-24(13-11-23)18-4-2-1-3-5-18/h1-9,14H,10-13,15H2,(H,22,25)/b21-14+. The summed E-state index contributed by atoms with van der Waals surface area (Å²) < 4.78 is 1.02. The van der Waals surface area contributed by atoms with Gasteiger partial charge in [-0.15, -0.1) is 0 Å². The van der Waals surface area contributed by atoms with E-state index in [2.05, 4.69) is 60.5 Å². The van der Waals surface area contributed by atoms with Crippen LogP contribution in [0.15, 0.2) is 64.2 Å². The van der Waals surface area contributed by atoms with Gasteiger partial charge in [0, 0.05) is 36.3 Å². The first-order valence-corrected chi connectivity index (χ1v) is 9.10. The highest BCUT2D eigenvalue weighted by molar-refractivity contribution is 9.10. The van der Waals surface area contributed by atoms with Crippen molar-refractivity contribution in [3.8, 4) is 0 Å². The first kappa shape index (κ1) is 17.6. The van der Waals surface area contributed by atoms with Crippen molar-refractivity contribution in [2.75, 3.05) is 37.6 Å². The molecule has 6 heteroatoms. The van der Waals surface area contributed by atoms with Gasteiger partial charge in [-0.05, 0) is 29.8 Å². The number of hydrazone groups is 1. The molecule has 1 heterocycles. The highest BCUT2D eigenvalue weighted by atomic mass is 79.9. The third kappa shape index (κ3) is 5.41. The van der Waals surface area contributed by atoms with Crippen LogP contribution in [0.1, 0.15) is 5.56 Å². The number of hydrogen-bond donors (Lipinski definition) is 1. The minimum atomic E-state index is -0.0819. The smallest absolute Gasteiger partial charge is 0.254 e. The molecule has 0 aromatic heterocycles. The van der Waals surface area contributed by atoms with Gasteiger partial charge in [-0.1, -0.05) is 46.3 Å². The van der Waals surface area contributed by atoms with E-state index in [9.17, 15) is 4.79 Å². The van der Waals surface area contributed by atoms with Crippen molar-refractivity contribution >= 4 is 33.7 Å². The fourth-order valence-corrected chi connectivity index (χ4v) is 3.03. The molecule has 0 bridgehead atoms. The van der Waals surface area contributed by atoms with Crippen LogP contribution in [0.4, 0.5) is 5.69 Å². The maximum Gasteiger partial charge on any atom is 0.254 e. The molecule has 1 aliphatic heterocycles. The summed E-state index contributed by atoms with van der Waals surface area (Å²) in [5, 5.41) is 4.02. The van der Waals surface area contributed by atoms with Gasteiger partial charge in [0.25, 0.3) is 5.91 Å². The molecule has 0 radical (unpaired) electrons. The van der Waals surface area contributed by atoms with Crippen LogP contribution in [0.2, 0.25) is 0 Å². The number of amides is 1. The van der Waals surface area contributed by atoms with Gasteiger partial charge >= 0.3 is 0 Å². The molecule has 25 heavy (non-hydrogen) atoms. The minimum Gasteiger partial charge on any atom is -0.369 e. The third-order valence-corrected chi connectivity index (χ3v) is 4.66. The second-order valence-electron chi connectivity index (χ2n) is 5.94. The molecular formula is C19H21BrN4O. The Bertz CT molecular complexity index is 710. The van der Waals surface area contributed by atoms with Gasteiger partial charge in [0.15, 0.2) is 0 Å². The summed E-state index contributed by atoms with van der Waals surface area (Å²) in [6.07, 6.45) is 1.65. The highest BCUT2D eigenvalue weighted by Gasteiger charge is 2.18. The largest absolute Gasteiger partial charge is 0.369 e. The van der Waals surface area contributed by atoms with Gasteiger partial charge < -0.3 is 4.90 Å². The van der Waals surface area contributed by atoms with E-state index in [1.807, 2.05) is 30.3 Å². The van der Waals surface area contributed by atoms with Crippen LogP contribution >= 0.6 is 15.9 Å². The molecule has 1 amide bonds. The van der Waals surface area contributed by atoms with Crippen LogP contribution in [0.5, 0.6) is 0 Å². The highest BCUT2D eigenvalue weighted by Crippen LogP contribution is 2.15. The molecule has 130 valence electrons. The fourth-order valence-electron chi connectivity index (χ4n) is 2.77. The van der Waals surface area contributed by atoms with Crippen LogP contribution < -0.4 is 10.3 Å². The van der Waals surface area contributed by atoms with E-state index in [-0.39, 0.29) is 5.91 Å². The molecule has 1 fully saturated rings. The zero-order valence-corrected chi connectivity index (χ0v) is 15.5. The number of nitrogens with one attached hydrogen (secondary N) is 1. The number of nitrogens with zero attached hydrogens (tertiary/aromatic N) is 3. The SMILES string of the molecule is O=C(CN1CCN(c2ccccc2)CC1)N/N=C/c1ccc(Br)cc1. The van der Waals surface area contributed by atoms with E-state index >= 15 is 0 Å². The Labute approximate surface area is 156 Å². The van der Waals surface area contributed by atoms with Crippen LogP contribution in [-0.4, -0.2) is 49.7 Å². The van der Waals surface area contributed by atoms with Gasteiger partial charge in [-0.2, -0.15) is 5.10 Å². The average molecular weight is 401 g/mol. The number of benzene rings is 2. The van der Waals surface area contributed by atoms with Crippen LogP contribution in [0, 0.1) is 0 Å². The zero-order valence-electron chi connectivity index (χ0n) is 13.9. The number of piperazine rings is 1. The summed E-state index contributed by atoms with van der Waals surface area (Å²) in [6.45, 7) is 3.98. The van der Waals surface area contributed by atoms with Gasteiger partial charge in [-0.3, -0.25) is 9.69 Å². The molecule has 1 saturated heterocycles. The van der Waals surface area contributed by atoms with E-state index in [1.54, 1.807) is 6.21 Å². The Morgan fingerprint density at radius 2 is 1.72 bits per heavy atom. The van der Waals surface area contributed by atoms with Gasteiger partial charge in [0.1, 0.15) is 0 Å². The maximum absolute atomic E-state index is 12.0. The Kier molecular flexibility index (Phi) is 6.19. The van der Waals surface area contributed by atoms with E-state index in [0.29, 0.717) is 6.54 Å². The van der Waals surface area contributed by atoms with E-state index < -0.39 is 0 Å². The molecule has 0 atom stereocenters. The van der Waals surface area contributed by atoms with E-state index in [0.717, 1.165) is 36.2 Å². The Balaban J connectivity index is 1.41. The fraction of sp³-hybridized carbons (Fsp3) is 0.263. The average Bonchev–Trinajstić information content (AvgIpc) is 2.65. The van der Waals surface area contributed by atoms with Crippen molar-refractivity contribution in [2.24, 2.45) is 5.10 Å². The van der Waals surface area contributed by atoms with Gasteiger partial charge in [-0.25, -0.2) is 5.43 Å². The van der Waals surface area contributed by atoms with Crippen molar-refractivity contribution in [1.82, 2.24) is 10.3 Å². The van der Waals surface area contributed by atoms with Crippen molar-refractivity contribution in [3.05, 3.63) is 64.6 Å². The van der Waals surface area contributed by atoms with Crippen LogP contribution in [0.3, 0.4) is 0 Å². The Morgan fingerprint density at radius 3 is 2.40 bits per heavy atom. The number of carbonyl (C=O) groups is 1.